The third-order valence-corrected chi connectivity index (χ3v) is 7.21. The number of carbonyl (C=O) groups excluding carboxylic acids is 3. The third-order valence-electron chi connectivity index (χ3n) is 7.21. The number of likely N-dealkylation sites (N-methyl/N-ethyl adjacent to an activating group) is 1. The molecule has 3 heterocycles. The van der Waals surface area contributed by atoms with Crippen LogP contribution in [-0.4, -0.2) is 83.3 Å². The smallest absolute Gasteiger partial charge is 0.309 e. The Kier molecular flexibility index (Phi) is 5.20. The van der Waals surface area contributed by atoms with Gasteiger partial charge in [-0.2, -0.15) is 0 Å². The van der Waals surface area contributed by atoms with Crippen molar-refractivity contribution in [2.45, 2.75) is 69.4 Å². The molecule has 1 aromatic rings. The first-order chi connectivity index (χ1) is 15.6. The number of Topliss-reactive ketones (excluding diaryl/α,β-unsaturated/α-hetero) is 2. The highest BCUT2D eigenvalue weighted by atomic mass is 16.6. The van der Waals surface area contributed by atoms with Crippen molar-refractivity contribution < 1.29 is 38.8 Å². The maximum atomic E-state index is 13.5. The van der Waals surface area contributed by atoms with Crippen LogP contribution in [0.25, 0.3) is 0 Å². The van der Waals surface area contributed by atoms with Gasteiger partial charge in [0.15, 0.2) is 17.7 Å². The maximum absolute atomic E-state index is 13.5. The third kappa shape index (κ3) is 3.25. The minimum Gasteiger partial charge on any atom is -0.507 e. The highest BCUT2D eigenvalue weighted by Gasteiger charge is 2.51. The number of rotatable bonds is 2. The lowest BCUT2D eigenvalue weighted by atomic mass is 9.76. The molecule has 9 nitrogen and oxygen atoms in total. The summed E-state index contributed by atoms with van der Waals surface area (Å²) in [5, 5.41) is 21.7. The van der Waals surface area contributed by atoms with Crippen molar-refractivity contribution in [3.05, 3.63) is 40.0 Å². The number of aliphatic hydroxyl groups is 1. The SMILES string of the molecule is CC1OC2CC(=O)OC2C2=C1C(=O)c1c(ccc(C3CC(N(C)C)C(O)C(C)O3)c1O)C2=O. The number of aliphatic hydroxyl groups excluding tert-OH is 1. The van der Waals surface area contributed by atoms with Gasteiger partial charge in [-0.1, -0.05) is 6.07 Å². The quantitative estimate of drug-likeness (QED) is 0.633. The second-order valence-electron chi connectivity index (χ2n) is 9.43. The Bertz CT molecular complexity index is 1090. The standard InChI is InChI=1S/C24H27NO8/c1-9-17-19(24-15(31-9)8-16(26)33-24)22(29)12-6-5-11(21(28)18(12)23(17)30)14-7-13(25(3)4)20(27)10(2)32-14/h5-6,9-10,13-15,20,24,27-28H,7-8H2,1-4H3. The van der Waals surface area contributed by atoms with Gasteiger partial charge in [-0.25, -0.2) is 0 Å². The summed E-state index contributed by atoms with van der Waals surface area (Å²) in [6, 6.07) is 2.90. The number of fused-ring (bicyclic) bond motifs is 3. The molecule has 2 N–H and O–H groups in total. The second-order valence-corrected chi connectivity index (χ2v) is 9.43. The number of benzene rings is 1. The summed E-state index contributed by atoms with van der Waals surface area (Å²) >= 11 is 0. The normalized spacial score (nSPS) is 35.9. The lowest BCUT2D eigenvalue weighted by molar-refractivity contribution is -0.142. The minimum absolute atomic E-state index is 0.0282. The van der Waals surface area contributed by atoms with Crippen LogP contribution in [0.2, 0.25) is 0 Å². The van der Waals surface area contributed by atoms with Crippen molar-refractivity contribution in [3.8, 4) is 5.75 Å². The summed E-state index contributed by atoms with van der Waals surface area (Å²) in [7, 11) is 3.72. The molecule has 0 bridgehead atoms. The van der Waals surface area contributed by atoms with Gasteiger partial charge in [0.1, 0.15) is 11.9 Å². The van der Waals surface area contributed by atoms with Gasteiger partial charge in [0, 0.05) is 22.7 Å². The van der Waals surface area contributed by atoms with Gasteiger partial charge >= 0.3 is 5.97 Å². The van der Waals surface area contributed by atoms with Crippen LogP contribution in [0.15, 0.2) is 23.3 Å². The molecule has 4 aliphatic rings. The van der Waals surface area contributed by atoms with Gasteiger partial charge < -0.3 is 29.3 Å². The molecule has 0 saturated carbocycles. The van der Waals surface area contributed by atoms with E-state index in [2.05, 4.69) is 0 Å². The summed E-state index contributed by atoms with van der Waals surface area (Å²) < 4.78 is 17.1. The number of phenols is 1. The summed E-state index contributed by atoms with van der Waals surface area (Å²) in [6.45, 7) is 3.41. The van der Waals surface area contributed by atoms with Crippen LogP contribution >= 0.6 is 0 Å². The van der Waals surface area contributed by atoms with Gasteiger partial charge in [0.25, 0.3) is 0 Å². The van der Waals surface area contributed by atoms with Crippen LogP contribution < -0.4 is 0 Å². The average Bonchev–Trinajstić information content (AvgIpc) is 3.12. The van der Waals surface area contributed by atoms with Crippen molar-refractivity contribution in [2.24, 2.45) is 0 Å². The monoisotopic (exact) mass is 457 g/mol. The van der Waals surface area contributed by atoms with E-state index >= 15 is 0 Å². The number of phenolic OH excluding ortho intramolecular Hbond substituents is 1. The van der Waals surface area contributed by atoms with Crippen molar-refractivity contribution in [2.75, 3.05) is 14.1 Å². The first-order valence-corrected chi connectivity index (χ1v) is 11.1. The zero-order valence-corrected chi connectivity index (χ0v) is 18.9. The molecule has 33 heavy (non-hydrogen) atoms. The molecule has 9 heteroatoms. The predicted molar refractivity (Wildman–Crippen MR) is 114 cm³/mol. The van der Waals surface area contributed by atoms with Crippen LogP contribution in [0.5, 0.6) is 5.75 Å². The first kappa shape index (κ1) is 22.2. The van der Waals surface area contributed by atoms with Crippen molar-refractivity contribution in [1.29, 1.82) is 0 Å². The van der Waals surface area contributed by atoms with E-state index in [0.717, 1.165) is 0 Å². The number of esters is 1. The average molecular weight is 457 g/mol. The summed E-state index contributed by atoms with van der Waals surface area (Å²) in [6.07, 6.45) is -3.57. The Morgan fingerprint density at radius 1 is 1.03 bits per heavy atom. The van der Waals surface area contributed by atoms with Gasteiger partial charge in [0.2, 0.25) is 0 Å². The zero-order chi connectivity index (χ0) is 23.8. The molecule has 0 amide bonds. The number of ether oxygens (including phenoxy) is 3. The van der Waals surface area contributed by atoms with E-state index < -0.39 is 54.2 Å². The van der Waals surface area contributed by atoms with E-state index in [1.54, 1.807) is 19.9 Å². The lowest BCUT2D eigenvalue weighted by Gasteiger charge is -2.41. The topological polar surface area (TPSA) is 123 Å². The van der Waals surface area contributed by atoms with Gasteiger partial charge in [0.05, 0.1) is 42.0 Å². The zero-order valence-electron chi connectivity index (χ0n) is 18.9. The van der Waals surface area contributed by atoms with Crippen LogP contribution in [0.4, 0.5) is 0 Å². The van der Waals surface area contributed by atoms with Crippen molar-refractivity contribution in [3.63, 3.8) is 0 Å². The highest BCUT2D eigenvalue weighted by Crippen LogP contribution is 2.45. The molecule has 5 rings (SSSR count). The lowest BCUT2D eigenvalue weighted by Crippen LogP contribution is -2.50. The molecule has 1 aromatic carbocycles. The molecular weight excluding hydrogens is 430 g/mol. The molecule has 7 unspecified atom stereocenters. The van der Waals surface area contributed by atoms with Gasteiger partial charge in [-0.3, -0.25) is 14.4 Å². The largest absolute Gasteiger partial charge is 0.507 e. The van der Waals surface area contributed by atoms with E-state index in [1.807, 2.05) is 19.0 Å². The Morgan fingerprint density at radius 3 is 2.45 bits per heavy atom. The van der Waals surface area contributed by atoms with Crippen molar-refractivity contribution >= 4 is 17.5 Å². The van der Waals surface area contributed by atoms with E-state index in [9.17, 15) is 24.6 Å². The Balaban J connectivity index is 1.57. The van der Waals surface area contributed by atoms with E-state index in [1.165, 1.54) is 6.07 Å². The molecule has 0 spiro atoms. The molecule has 2 saturated heterocycles. The summed E-state index contributed by atoms with van der Waals surface area (Å²) in [5.41, 5.74) is 0.643. The van der Waals surface area contributed by atoms with E-state index in [4.69, 9.17) is 14.2 Å². The molecule has 1 aliphatic carbocycles. The molecule has 176 valence electrons. The van der Waals surface area contributed by atoms with Crippen LogP contribution in [0, 0.1) is 0 Å². The van der Waals surface area contributed by atoms with Crippen molar-refractivity contribution in [1.82, 2.24) is 4.90 Å². The Hall–Kier alpha value is -2.59. The molecule has 0 aromatic heterocycles. The van der Waals surface area contributed by atoms with Gasteiger partial charge in [-0.15, -0.1) is 0 Å². The van der Waals surface area contributed by atoms with E-state index in [-0.39, 0.29) is 40.5 Å². The fourth-order valence-electron chi connectivity index (χ4n) is 5.51. The number of hydrogen-bond donors (Lipinski definition) is 2. The second kappa shape index (κ2) is 7.73. The number of ketones is 2. The summed E-state index contributed by atoms with van der Waals surface area (Å²) in [5.74, 6) is -1.74. The Morgan fingerprint density at radius 2 is 1.76 bits per heavy atom. The highest BCUT2D eigenvalue weighted by molar-refractivity contribution is 6.29. The fraction of sp³-hybridized carbons (Fsp3) is 0.542. The fourth-order valence-corrected chi connectivity index (χ4v) is 5.51. The van der Waals surface area contributed by atoms with Crippen LogP contribution in [0.1, 0.15) is 59.1 Å². The van der Waals surface area contributed by atoms with Gasteiger partial charge in [-0.05, 0) is 40.4 Å². The molecule has 3 aliphatic heterocycles. The Labute approximate surface area is 190 Å². The number of hydrogen-bond acceptors (Lipinski definition) is 9. The number of aromatic hydroxyl groups is 1. The van der Waals surface area contributed by atoms with E-state index in [0.29, 0.717) is 12.0 Å². The predicted octanol–water partition coefficient (Wildman–Crippen LogP) is 1.31. The molecular formula is C24H27NO8. The minimum atomic E-state index is -0.917. The molecule has 0 radical (unpaired) electrons. The van der Waals surface area contributed by atoms with Crippen LogP contribution in [0.3, 0.4) is 0 Å². The number of nitrogens with zero attached hydrogens (tertiary/aromatic N) is 1. The summed E-state index contributed by atoms with van der Waals surface area (Å²) in [4.78, 5) is 40.7. The first-order valence-electron chi connectivity index (χ1n) is 11.1. The van der Waals surface area contributed by atoms with Crippen LogP contribution in [-0.2, 0) is 19.0 Å². The maximum Gasteiger partial charge on any atom is 0.309 e. The number of carbonyl (C=O) groups is 3. The molecule has 2 fully saturated rings. The molecule has 7 atom stereocenters.